The third kappa shape index (κ3) is 5.43. The number of rotatable bonds is 8. The predicted molar refractivity (Wildman–Crippen MR) is 85.5 cm³/mol. The van der Waals surface area contributed by atoms with Crippen LogP contribution in [0.1, 0.15) is 34.8 Å². The third-order valence-corrected chi connectivity index (χ3v) is 3.46. The minimum absolute atomic E-state index is 0.235. The van der Waals surface area contributed by atoms with Crippen molar-refractivity contribution in [1.29, 1.82) is 0 Å². The van der Waals surface area contributed by atoms with E-state index in [1.807, 2.05) is 26.0 Å². The van der Waals surface area contributed by atoms with Gasteiger partial charge < -0.3 is 4.90 Å². The largest absolute Gasteiger partial charge is 0.308 e. The maximum absolute atomic E-state index is 12.5. The van der Waals surface area contributed by atoms with E-state index in [4.69, 9.17) is 0 Å². The number of ketones is 1. The van der Waals surface area contributed by atoms with Crippen molar-refractivity contribution in [2.24, 2.45) is 0 Å². The topological polar surface area (TPSA) is 23.6 Å². The number of Topliss-reactive ketones (excluding diaryl/α,β-unsaturated/α-hetero) is 1. The second-order valence-corrected chi connectivity index (χ2v) is 5.82. The van der Waals surface area contributed by atoms with Gasteiger partial charge in [0, 0.05) is 18.7 Å². The van der Waals surface area contributed by atoms with E-state index < -0.39 is 0 Å². The monoisotopic (exact) mass is 276 g/mol. The van der Waals surface area contributed by atoms with Crippen LogP contribution in [0.15, 0.2) is 18.2 Å². The van der Waals surface area contributed by atoms with E-state index in [0.29, 0.717) is 6.54 Å². The molecule has 20 heavy (non-hydrogen) atoms. The van der Waals surface area contributed by atoms with Crippen LogP contribution in [0.2, 0.25) is 0 Å². The minimum atomic E-state index is 0.235. The molecule has 3 heteroatoms. The number of hydrogen-bond acceptors (Lipinski definition) is 3. The van der Waals surface area contributed by atoms with E-state index in [1.165, 1.54) is 0 Å². The molecule has 0 fully saturated rings. The lowest BCUT2D eigenvalue weighted by Crippen LogP contribution is -2.36. The van der Waals surface area contributed by atoms with Crippen LogP contribution >= 0.6 is 0 Å². The number of nitrogens with zero attached hydrogens (tertiary/aromatic N) is 2. The first-order valence-corrected chi connectivity index (χ1v) is 7.41. The Hall–Kier alpha value is -1.19. The van der Waals surface area contributed by atoms with Crippen molar-refractivity contribution in [3.8, 4) is 0 Å². The summed E-state index contributed by atoms with van der Waals surface area (Å²) in [7, 11) is 4.13. The standard InChI is InChI=1S/C17H28N2O/c1-6-9-19(11-10-18(4)5)13-17(20)16-12-14(2)7-8-15(16)3/h7-8,12H,6,9-11,13H2,1-5H3. The molecule has 0 aromatic heterocycles. The van der Waals surface area contributed by atoms with Crippen molar-refractivity contribution < 1.29 is 4.79 Å². The fourth-order valence-corrected chi connectivity index (χ4v) is 2.25. The average molecular weight is 276 g/mol. The lowest BCUT2D eigenvalue weighted by atomic mass is 10.0. The van der Waals surface area contributed by atoms with E-state index in [0.717, 1.165) is 42.7 Å². The Kier molecular flexibility index (Phi) is 6.89. The van der Waals surface area contributed by atoms with Gasteiger partial charge in [-0.2, -0.15) is 0 Å². The molecule has 0 heterocycles. The summed E-state index contributed by atoms with van der Waals surface area (Å²) in [5.41, 5.74) is 3.09. The molecule has 1 aromatic carbocycles. The van der Waals surface area contributed by atoms with Gasteiger partial charge in [-0.3, -0.25) is 9.69 Å². The van der Waals surface area contributed by atoms with Gasteiger partial charge in [0.2, 0.25) is 0 Å². The molecule has 0 unspecified atom stereocenters. The highest BCUT2D eigenvalue weighted by Gasteiger charge is 2.14. The Morgan fingerprint density at radius 3 is 2.40 bits per heavy atom. The number of benzene rings is 1. The number of hydrogen-bond donors (Lipinski definition) is 0. The SMILES string of the molecule is CCCN(CCN(C)C)CC(=O)c1cc(C)ccc1C. The lowest BCUT2D eigenvalue weighted by Gasteiger charge is -2.23. The molecule has 1 aromatic rings. The lowest BCUT2D eigenvalue weighted by molar-refractivity contribution is 0.0924. The summed E-state index contributed by atoms with van der Waals surface area (Å²) in [4.78, 5) is 16.9. The first-order valence-electron chi connectivity index (χ1n) is 7.41. The Bertz CT molecular complexity index is 441. The summed E-state index contributed by atoms with van der Waals surface area (Å²) < 4.78 is 0. The van der Waals surface area contributed by atoms with Crippen molar-refractivity contribution in [2.75, 3.05) is 40.3 Å². The van der Waals surface area contributed by atoms with E-state index in [9.17, 15) is 4.79 Å². The van der Waals surface area contributed by atoms with E-state index in [2.05, 4.69) is 36.9 Å². The fourth-order valence-electron chi connectivity index (χ4n) is 2.25. The summed E-state index contributed by atoms with van der Waals surface area (Å²) >= 11 is 0. The normalized spacial score (nSPS) is 11.3. The van der Waals surface area contributed by atoms with Gasteiger partial charge in [0.05, 0.1) is 6.54 Å². The summed E-state index contributed by atoms with van der Waals surface area (Å²) in [5, 5.41) is 0. The van der Waals surface area contributed by atoms with E-state index >= 15 is 0 Å². The van der Waals surface area contributed by atoms with Crippen LogP contribution in [0.25, 0.3) is 0 Å². The first-order chi connectivity index (χ1) is 9.43. The zero-order valence-corrected chi connectivity index (χ0v) is 13.6. The van der Waals surface area contributed by atoms with Gasteiger partial charge in [0.25, 0.3) is 0 Å². The summed E-state index contributed by atoms with van der Waals surface area (Å²) in [6, 6.07) is 6.10. The van der Waals surface area contributed by atoms with Crippen molar-refractivity contribution in [1.82, 2.24) is 9.80 Å². The van der Waals surface area contributed by atoms with Gasteiger partial charge in [-0.1, -0.05) is 24.6 Å². The maximum Gasteiger partial charge on any atom is 0.177 e. The van der Waals surface area contributed by atoms with Gasteiger partial charge in [-0.05, 0) is 52.5 Å². The highest BCUT2D eigenvalue weighted by molar-refractivity contribution is 5.99. The Morgan fingerprint density at radius 1 is 1.10 bits per heavy atom. The molecule has 0 radical (unpaired) electrons. The van der Waals surface area contributed by atoms with Gasteiger partial charge in [-0.25, -0.2) is 0 Å². The zero-order valence-electron chi connectivity index (χ0n) is 13.6. The van der Waals surface area contributed by atoms with Crippen LogP contribution in [0.4, 0.5) is 0 Å². The molecule has 1 rings (SSSR count). The second-order valence-electron chi connectivity index (χ2n) is 5.82. The van der Waals surface area contributed by atoms with E-state index in [-0.39, 0.29) is 5.78 Å². The fraction of sp³-hybridized carbons (Fsp3) is 0.588. The molecule has 0 amide bonds. The summed E-state index contributed by atoms with van der Waals surface area (Å²) in [6.45, 7) is 9.63. The summed E-state index contributed by atoms with van der Waals surface area (Å²) in [6.07, 6.45) is 1.08. The van der Waals surface area contributed by atoms with Crippen LogP contribution in [-0.2, 0) is 0 Å². The molecular weight excluding hydrogens is 248 g/mol. The van der Waals surface area contributed by atoms with Crippen molar-refractivity contribution in [3.05, 3.63) is 34.9 Å². The summed E-state index contributed by atoms with van der Waals surface area (Å²) in [5.74, 6) is 0.235. The quantitative estimate of drug-likeness (QED) is 0.682. The Balaban J connectivity index is 2.71. The number of carbonyl (C=O) groups excluding carboxylic acids is 1. The van der Waals surface area contributed by atoms with E-state index in [1.54, 1.807) is 0 Å². The minimum Gasteiger partial charge on any atom is -0.308 e. The molecule has 0 spiro atoms. The zero-order chi connectivity index (χ0) is 15.1. The molecule has 0 saturated carbocycles. The molecule has 0 atom stereocenters. The molecule has 0 saturated heterocycles. The molecule has 0 N–H and O–H groups in total. The van der Waals surface area contributed by atoms with Gasteiger partial charge >= 0.3 is 0 Å². The van der Waals surface area contributed by atoms with Crippen LogP contribution in [0, 0.1) is 13.8 Å². The highest BCUT2D eigenvalue weighted by atomic mass is 16.1. The van der Waals surface area contributed by atoms with Crippen molar-refractivity contribution in [3.63, 3.8) is 0 Å². The molecule has 112 valence electrons. The van der Waals surface area contributed by atoms with Crippen molar-refractivity contribution in [2.45, 2.75) is 27.2 Å². The average Bonchev–Trinajstić information content (AvgIpc) is 2.38. The third-order valence-electron chi connectivity index (χ3n) is 3.46. The molecule has 3 nitrogen and oxygen atoms in total. The van der Waals surface area contributed by atoms with Crippen LogP contribution in [0.3, 0.4) is 0 Å². The van der Waals surface area contributed by atoms with Gasteiger partial charge in [0.15, 0.2) is 5.78 Å². The molecule has 0 aliphatic rings. The van der Waals surface area contributed by atoms with Crippen LogP contribution in [0.5, 0.6) is 0 Å². The molecule has 0 bridgehead atoms. The van der Waals surface area contributed by atoms with Crippen LogP contribution in [-0.4, -0.2) is 55.9 Å². The Labute approximate surface area is 123 Å². The van der Waals surface area contributed by atoms with Crippen LogP contribution < -0.4 is 0 Å². The molecule has 0 aliphatic carbocycles. The molecular formula is C17H28N2O. The second kappa shape index (κ2) is 8.18. The number of likely N-dealkylation sites (N-methyl/N-ethyl adjacent to an activating group) is 1. The molecule has 0 aliphatic heterocycles. The predicted octanol–water partition coefficient (Wildman–Crippen LogP) is 2.76. The maximum atomic E-state index is 12.5. The first kappa shape index (κ1) is 16.9. The smallest absolute Gasteiger partial charge is 0.177 e. The van der Waals surface area contributed by atoms with Gasteiger partial charge in [0.1, 0.15) is 0 Å². The van der Waals surface area contributed by atoms with Crippen molar-refractivity contribution >= 4 is 5.78 Å². The Morgan fingerprint density at radius 2 is 1.80 bits per heavy atom. The number of carbonyl (C=O) groups is 1. The number of aryl methyl sites for hydroxylation is 2. The van der Waals surface area contributed by atoms with Gasteiger partial charge in [-0.15, -0.1) is 0 Å². The highest BCUT2D eigenvalue weighted by Crippen LogP contribution is 2.12.